The van der Waals surface area contributed by atoms with Crippen LogP contribution in [0.1, 0.15) is 0 Å². The fourth-order valence-electron chi connectivity index (χ4n) is 0.889. The Bertz CT molecular complexity index is 294. The maximum atomic E-state index is 6.74. The molecular formula is C9H12N3+. The average Bonchev–Trinajstić information content (AvgIpc) is 2.06. The van der Waals surface area contributed by atoms with Crippen molar-refractivity contribution in [3.8, 4) is 0 Å². The Labute approximate surface area is 72.1 Å². The van der Waals surface area contributed by atoms with Crippen LogP contribution in [0.25, 0.3) is 6.20 Å². The van der Waals surface area contributed by atoms with Crippen molar-refractivity contribution in [1.29, 1.82) is 5.41 Å². The van der Waals surface area contributed by atoms with Crippen LogP contribution in [0.15, 0.2) is 24.5 Å². The highest BCUT2D eigenvalue weighted by Crippen LogP contribution is 2.05. The summed E-state index contributed by atoms with van der Waals surface area (Å²) in [6.45, 7) is 0. The maximum absolute atomic E-state index is 6.74. The molecule has 0 aliphatic carbocycles. The number of nitrogens with one attached hydrogen (secondary N) is 1. The van der Waals surface area contributed by atoms with Crippen LogP contribution in [-0.2, 0) is 0 Å². The summed E-state index contributed by atoms with van der Waals surface area (Å²) in [4.78, 5) is 2.03. The highest BCUT2D eigenvalue weighted by Gasteiger charge is 1.97. The third-order valence-electron chi connectivity index (χ3n) is 1.56. The van der Waals surface area contributed by atoms with Crippen LogP contribution in [0, 0.1) is 5.41 Å². The summed E-state index contributed by atoms with van der Waals surface area (Å²) in [5, 5.41) is 6.74. The summed E-state index contributed by atoms with van der Waals surface area (Å²) in [7, 11) is 3.98. The van der Waals surface area contributed by atoms with Crippen molar-refractivity contribution in [2.24, 2.45) is 0 Å². The normalized spacial score (nSPS) is 8.83. The van der Waals surface area contributed by atoms with Crippen molar-refractivity contribution in [2.75, 3.05) is 19.0 Å². The van der Waals surface area contributed by atoms with E-state index in [-0.39, 0.29) is 0 Å². The molecular weight excluding hydrogens is 150 g/mol. The minimum Gasteiger partial charge on any atom is -0.377 e. The topological polar surface area (TPSA) is 31.0 Å². The number of pyridine rings is 1. The summed E-state index contributed by atoms with van der Waals surface area (Å²) >= 11 is 0. The van der Waals surface area contributed by atoms with Gasteiger partial charge in [-0.25, -0.2) is 0 Å². The molecule has 0 aliphatic heterocycles. The number of nitrogens with zero attached hydrogens (tertiary/aromatic N) is 2. The zero-order valence-corrected chi connectivity index (χ0v) is 7.28. The fourth-order valence-corrected chi connectivity index (χ4v) is 0.889. The molecule has 3 heteroatoms. The molecule has 1 aromatic heterocycles. The van der Waals surface area contributed by atoms with Crippen LogP contribution in [0.4, 0.5) is 5.69 Å². The molecule has 0 spiro atoms. The van der Waals surface area contributed by atoms with Gasteiger partial charge in [-0.2, -0.15) is 4.57 Å². The molecule has 0 atom stereocenters. The first kappa shape index (κ1) is 8.50. The molecule has 3 nitrogen and oxygen atoms in total. The quantitative estimate of drug-likeness (QED) is 0.505. The van der Waals surface area contributed by atoms with Crippen LogP contribution < -0.4 is 9.47 Å². The average molecular weight is 162 g/mol. The van der Waals surface area contributed by atoms with Gasteiger partial charge in [0.25, 0.3) is 0 Å². The Morgan fingerprint density at radius 2 is 2.00 bits per heavy atom. The zero-order valence-electron chi connectivity index (χ0n) is 7.28. The van der Waals surface area contributed by atoms with Gasteiger partial charge in [0.15, 0.2) is 12.4 Å². The number of anilines is 1. The monoisotopic (exact) mass is 162 g/mol. The molecule has 0 bridgehead atoms. The van der Waals surface area contributed by atoms with Crippen molar-refractivity contribution in [1.82, 2.24) is 0 Å². The van der Waals surface area contributed by atoms with E-state index >= 15 is 0 Å². The molecule has 62 valence electrons. The molecule has 0 aliphatic rings. The van der Waals surface area contributed by atoms with Gasteiger partial charge in [0.2, 0.25) is 6.20 Å². The molecule has 0 aromatic carbocycles. The Morgan fingerprint density at radius 1 is 1.42 bits per heavy atom. The second-order valence-electron chi connectivity index (χ2n) is 2.67. The van der Waals surface area contributed by atoms with Crippen LogP contribution in [0.3, 0.4) is 0 Å². The van der Waals surface area contributed by atoms with E-state index in [0.29, 0.717) is 0 Å². The summed E-state index contributed by atoms with van der Waals surface area (Å²) in [6, 6.07) is 3.96. The van der Waals surface area contributed by atoms with E-state index in [1.807, 2.05) is 43.5 Å². The molecule has 1 aromatic rings. The third kappa shape index (κ3) is 1.94. The predicted octanol–water partition coefficient (Wildman–Crippen LogP) is 0.759. The molecule has 0 saturated heterocycles. The molecule has 0 fully saturated rings. The first-order valence-corrected chi connectivity index (χ1v) is 3.68. The molecule has 0 radical (unpaired) electrons. The summed E-state index contributed by atoms with van der Waals surface area (Å²) < 4.78 is 1.78. The van der Waals surface area contributed by atoms with E-state index in [9.17, 15) is 0 Å². The van der Waals surface area contributed by atoms with Crippen LogP contribution in [0.5, 0.6) is 0 Å². The minimum atomic E-state index is 1.14. The largest absolute Gasteiger partial charge is 0.377 e. The van der Waals surface area contributed by atoms with Gasteiger partial charge >= 0.3 is 0 Å². The first-order valence-electron chi connectivity index (χ1n) is 3.68. The molecule has 0 saturated carbocycles. The highest BCUT2D eigenvalue weighted by atomic mass is 15.1. The molecule has 0 amide bonds. The molecule has 12 heavy (non-hydrogen) atoms. The fraction of sp³-hybridized carbons (Fsp3) is 0.222. The molecule has 1 N–H and O–H groups in total. The molecule has 1 heterocycles. The maximum Gasteiger partial charge on any atom is 0.236 e. The van der Waals surface area contributed by atoms with Crippen LogP contribution in [0.2, 0.25) is 0 Å². The first-order chi connectivity index (χ1) is 5.74. The molecule has 0 unspecified atom stereocenters. The van der Waals surface area contributed by atoms with Crippen molar-refractivity contribution >= 4 is 17.8 Å². The van der Waals surface area contributed by atoms with Gasteiger partial charge < -0.3 is 4.90 Å². The Balaban J connectivity index is 2.92. The Kier molecular flexibility index (Phi) is 2.62. The van der Waals surface area contributed by atoms with E-state index in [2.05, 4.69) is 5.87 Å². The van der Waals surface area contributed by atoms with Gasteiger partial charge in [0.05, 0.1) is 0 Å². The van der Waals surface area contributed by atoms with Gasteiger partial charge in [-0.05, 0) is 0 Å². The van der Waals surface area contributed by atoms with E-state index in [0.717, 1.165) is 5.69 Å². The summed E-state index contributed by atoms with van der Waals surface area (Å²) in [5.74, 6) is 2.21. The number of hydrogen-bond donors (Lipinski definition) is 1. The predicted molar refractivity (Wildman–Crippen MR) is 49.5 cm³/mol. The number of hydrogen-bond acceptors (Lipinski definition) is 2. The third-order valence-corrected chi connectivity index (χ3v) is 1.56. The van der Waals surface area contributed by atoms with Crippen molar-refractivity contribution in [3.63, 3.8) is 0 Å². The Hall–Kier alpha value is -1.60. The second-order valence-corrected chi connectivity index (χ2v) is 2.67. The van der Waals surface area contributed by atoms with Gasteiger partial charge in [-0.15, -0.1) is 0 Å². The lowest BCUT2D eigenvalue weighted by atomic mass is 10.4. The van der Waals surface area contributed by atoms with Crippen molar-refractivity contribution < 1.29 is 4.57 Å². The number of aromatic nitrogens is 1. The second kappa shape index (κ2) is 3.69. The smallest absolute Gasteiger partial charge is 0.236 e. The number of rotatable bonds is 2. The zero-order chi connectivity index (χ0) is 8.97. The van der Waals surface area contributed by atoms with Crippen LogP contribution in [-0.4, -0.2) is 20.0 Å². The molecule has 1 rings (SSSR count). The van der Waals surface area contributed by atoms with Gasteiger partial charge in [0, 0.05) is 37.8 Å². The lowest BCUT2D eigenvalue weighted by Crippen LogP contribution is -2.25. The van der Waals surface area contributed by atoms with E-state index < -0.39 is 0 Å². The minimum absolute atomic E-state index is 1.14. The van der Waals surface area contributed by atoms with E-state index in [1.54, 1.807) is 10.8 Å². The SMILES string of the molecule is CN(C)c1cc[n+](C=C=N)cc1. The van der Waals surface area contributed by atoms with Crippen molar-refractivity contribution in [3.05, 3.63) is 24.5 Å². The summed E-state index contributed by atoms with van der Waals surface area (Å²) in [6.07, 6.45) is 5.33. The van der Waals surface area contributed by atoms with Gasteiger partial charge in [-0.1, -0.05) is 0 Å². The standard InChI is InChI=1S/C9H12N3/c1-11(2)9-3-6-12(7-4-9)8-5-10/h3-4,6-8,10H,1-2H3/q+1. The lowest BCUT2D eigenvalue weighted by Gasteiger charge is -2.09. The van der Waals surface area contributed by atoms with E-state index in [4.69, 9.17) is 5.41 Å². The summed E-state index contributed by atoms with van der Waals surface area (Å²) in [5.41, 5.74) is 1.14. The highest BCUT2D eigenvalue weighted by molar-refractivity contribution is 5.60. The van der Waals surface area contributed by atoms with Crippen LogP contribution >= 0.6 is 0 Å². The van der Waals surface area contributed by atoms with Gasteiger partial charge in [0.1, 0.15) is 0 Å². The Morgan fingerprint density at radius 3 is 2.42 bits per heavy atom. The van der Waals surface area contributed by atoms with Crippen molar-refractivity contribution in [2.45, 2.75) is 0 Å². The van der Waals surface area contributed by atoms with E-state index in [1.165, 1.54) is 0 Å². The van der Waals surface area contributed by atoms with Gasteiger partial charge in [-0.3, -0.25) is 5.41 Å². The lowest BCUT2D eigenvalue weighted by molar-refractivity contribution is -0.566.